The van der Waals surface area contributed by atoms with Crippen LogP contribution in [0.4, 0.5) is 0 Å². The molecule has 0 bridgehead atoms. The van der Waals surface area contributed by atoms with Gasteiger partial charge in [0.15, 0.2) is 5.96 Å². The molecule has 2 aliphatic rings. The van der Waals surface area contributed by atoms with Gasteiger partial charge in [-0.25, -0.2) is 0 Å². The molecule has 5 heteroatoms. The first-order chi connectivity index (χ1) is 9.88. The molecule has 1 saturated heterocycles. The summed E-state index contributed by atoms with van der Waals surface area (Å²) in [6, 6.07) is 0.632. The molecule has 2 fully saturated rings. The molecule has 0 aromatic heterocycles. The summed E-state index contributed by atoms with van der Waals surface area (Å²) in [5, 5.41) is 6.91. The Labute approximate surface area is 123 Å². The van der Waals surface area contributed by atoms with Gasteiger partial charge < -0.3 is 15.4 Å². The van der Waals surface area contributed by atoms with Crippen LogP contribution in [-0.4, -0.2) is 62.8 Å². The number of hydrogen-bond acceptors (Lipinski definition) is 3. The van der Waals surface area contributed by atoms with Crippen molar-refractivity contribution in [3.05, 3.63) is 0 Å². The van der Waals surface area contributed by atoms with Crippen LogP contribution in [0.15, 0.2) is 4.99 Å². The maximum atomic E-state index is 5.36. The SMILES string of the molecule is CCNC(=NCCCN1CCOCC1)NC1CCCC1. The fourth-order valence-electron chi connectivity index (χ4n) is 2.89. The van der Waals surface area contributed by atoms with Crippen LogP contribution in [0.3, 0.4) is 0 Å². The van der Waals surface area contributed by atoms with Gasteiger partial charge in [-0.05, 0) is 26.2 Å². The van der Waals surface area contributed by atoms with Gasteiger partial charge in [-0.1, -0.05) is 12.8 Å². The molecule has 1 aliphatic carbocycles. The molecule has 0 aromatic carbocycles. The standard InChI is InChI=1S/C15H30N4O/c1-2-16-15(18-14-6-3-4-7-14)17-8-5-9-19-10-12-20-13-11-19/h14H,2-13H2,1H3,(H2,16,17,18). The minimum atomic E-state index is 0.632. The van der Waals surface area contributed by atoms with E-state index in [0.29, 0.717) is 6.04 Å². The monoisotopic (exact) mass is 282 g/mol. The number of morpholine rings is 1. The Morgan fingerprint density at radius 3 is 2.70 bits per heavy atom. The molecule has 0 atom stereocenters. The first-order valence-electron chi connectivity index (χ1n) is 8.23. The molecular weight excluding hydrogens is 252 g/mol. The minimum Gasteiger partial charge on any atom is -0.379 e. The zero-order valence-corrected chi connectivity index (χ0v) is 12.9. The number of guanidine groups is 1. The van der Waals surface area contributed by atoms with Crippen LogP contribution in [0.25, 0.3) is 0 Å². The van der Waals surface area contributed by atoms with E-state index in [4.69, 9.17) is 9.73 Å². The maximum absolute atomic E-state index is 5.36. The highest BCUT2D eigenvalue weighted by atomic mass is 16.5. The van der Waals surface area contributed by atoms with E-state index in [2.05, 4.69) is 22.5 Å². The van der Waals surface area contributed by atoms with Crippen molar-refractivity contribution in [3.63, 3.8) is 0 Å². The highest BCUT2D eigenvalue weighted by Crippen LogP contribution is 2.17. The number of ether oxygens (including phenoxy) is 1. The molecule has 0 unspecified atom stereocenters. The zero-order valence-electron chi connectivity index (χ0n) is 12.9. The molecule has 2 rings (SSSR count). The van der Waals surface area contributed by atoms with Gasteiger partial charge in [0.2, 0.25) is 0 Å². The van der Waals surface area contributed by atoms with Crippen LogP contribution in [-0.2, 0) is 4.74 Å². The van der Waals surface area contributed by atoms with Crippen molar-refractivity contribution in [1.82, 2.24) is 15.5 Å². The summed E-state index contributed by atoms with van der Waals surface area (Å²) in [6.07, 6.45) is 6.42. The van der Waals surface area contributed by atoms with Crippen molar-refractivity contribution in [3.8, 4) is 0 Å². The van der Waals surface area contributed by atoms with Gasteiger partial charge in [-0.15, -0.1) is 0 Å². The number of rotatable bonds is 6. The Hall–Kier alpha value is -0.810. The van der Waals surface area contributed by atoms with Gasteiger partial charge in [-0.3, -0.25) is 9.89 Å². The number of aliphatic imine (C=N–C) groups is 1. The molecular formula is C15H30N4O. The average molecular weight is 282 g/mol. The Bertz CT molecular complexity index is 284. The van der Waals surface area contributed by atoms with Gasteiger partial charge >= 0.3 is 0 Å². The van der Waals surface area contributed by atoms with Crippen molar-refractivity contribution in [2.24, 2.45) is 4.99 Å². The Morgan fingerprint density at radius 2 is 2.00 bits per heavy atom. The molecule has 2 N–H and O–H groups in total. The molecule has 0 spiro atoms. The molecule has 1 aliphatic heterocycles. The first kappa shape index (κ1) is 15.6. The van der Waals surface area contributed by atoms with Crippen LogP contribution in [0, 0.1) is 0 Å². The summed E-state index contributed by atoms with van der Waals surface area (Å²) >= 11 is 0. The van der Waals surface area contributed by atoms with Crippen molar-refractivity contribution >= 4 is 5.96 Å². The van der Waals surface area contributed by atoms with Crippen LogP contribution >= 0.6 is 0 Å². The second kappa shape index (κ2) is 9.19. The Balaban J connectivity index is 1.65. The molecule has 0 aromatic rings. The highest BCUT2D eigenvalue weighted by Gasteiger charge is 2.15. The second-order valence-electron chi connectivity index (χ2n) is 5.69. The lowest BCUT2D eigenvalue weighted by atomic mass is 10.2. The van der Waals surface area contributed by atoms with E-state index in [1.165, 1.54) is 25.7 Å². The summed E-state index contributed by atoms with van der Waals surface area (Å²) in [5.41, 5.74) is 0. The number of hydrogen-bond donors (Lipinski definition) is 2. The lowest BCUT2D eigenvalue weighted by molar-refractivity contribution is 0.0377. The van der Waals surface area contributed by atoms with E-state index in [9.17, 15) is 0 Å². The van der Waals surface area contributed by atoms with Crippen molar-refractivity contribution < 1.29 is 4.74 Å². The molecule has 0 radical (unpaired) electrons. The van der Waals surface area contributed by atoms with Crippen molar-refractivity contribution in [2.75, 3.05) is 45.9 Å². The Kier molecular flexibility index (Phi) is 7.15. The van der Waals surface area contributed by atoms with E-state index in [1.807, 2.05) is 0 Å². The van der Waals surface area contributed by atoms with Gasteiger partial charge in [0, 0.05) is 38.8 Å². The summed E-state index contributed by atoms with van der Waals surface area (Å²) in [4.78, 5) is 7.17. The van der Waals surface area contributed by atoms with Crippen LogP contribution in [0.5, 0.6) is 0 Å². The van der Waals surface area contributed by atoms with Crippen LogP contribution < -0.4 is 10.6 Å². The molecule has 5 nitrogen and oxygen atoms in total. The van der Waals surface area contributed by atoms with Gasteiger partial charge in [0.05, 0.1) is 13.2 Å². The quantitative estimate of drug-likeness (QED) is 0.437. The van der Waals surface area contributed by atoms with Gasteiger partial charge in [0.25, 0.3) is 0 Å². The van der Waals surface area contributed by atoms with E-state index >= 15 is 0 Å². The second-order valence-corrected chi connectivity index (χ2v) is 5.69. The topological polar surface area (TPSA) is 48.9 Å². The van der Waals surface area contributed by atoms with Crippen LogP contribution in [0.1, 0.15) is 39.0 Å². The third-order valence-electron chi connectivity index (χ3n) is 4.05. The van der Waals surface area contributed by atoms with E-state index < -0.39 is 0 Å². The van der Waals surface area contributed by atoms with Crippen molar-refractivity contribution in [1.29, 1.82) is 0 Å². The summed E-state index contributed by atoms with van der Waals surface area (Å²) in [5.74, 6) is 1.00. The largest absolute Gasteiger partial charge is 0.379 e. The predicted molar refractivity (Wildman–Crippen MR) is 83.2 cm³/mol. The molecule has 116 valence electrons. The molecule has 20 heavy (non-hydrogen) atoms. The number of nitrogens with one attached hydrogen (secondary N) is 2. The predicted octanol–water partition coefficient (Wildman–Crippen LogP) is 1.21. The maximum Gasteiger partial charge on any atom is 0.191 e. The minimum absolute atomic E-state index is 0.632. The van der Waals surface area contributed by atoms with Crippen molar-refractivity contribution in [2.45, 2.75) is 45.1 Å². The number of nitrogens with zero attached hydrogens (tertiary/aromatic N) is 2. The molecule has 1 saturated carbocycles. The fraction of sp³-hybridized carbons (Fsp3) is 0.933. The zero-order chi connectivity index (χ0) is 14.0. The smallest absolute Gasteiger partial charge is 0.191 e. The van der Waals surface area contributed by atoms with E-state index in [1.54, 1.807) is 0 Å². The first-order valence-corrected chi connectivity index (χ1v) is 8.23. The van der Waals surface area contributed by atoms with Crippen LogP contribution in [0.2, 0.25) is 0 Å². The molecule has 0 amide bonds. The normalized spacial score (nSPS) is 22.1. The lowest BCUT2D eigenvalue weighted by Crippen LogP contribution is -2.42. The van der Waals surface area contributed by atoms with E-state index in [-0.39, 0.29) is 0 Å². The summed E-state index contributed by atoms with van der Waals surface area (Å²) < 4.78 is 5.36. The Morgan fingerprint density at radius 1 is 1.25 bits per heavy atom. The lowest BCUT2D eigenvalue weighted by Gasteiger charge is -2.26. The van der Waals surface area contributed by atoms with Gasteiger partial charge in [0.1, 0.15) is 0 Å². The average Bonchev–Trinajstić information content (AvgIpc) is 2.98. The molecule has 1 heterocycles. The summed E-state index contributed by atoms with van der Waals surface area (Å²) in [7, 11) is 0. The third-order valence-corrected chi connectivity index (χ3v) is 4.05. The third kappa shape index (κ3) is 5.67. The van der Waals surface area contributed by atoms with E-state index in [0.717, 1.165) is 58.3 Å². The van der Waals surface area contributed by atoms with Gasteiger partial charge in [-0.2, -0.15) is 0 Å². The fourth-order valence-corrected chi connectivity index (χ4v) is 2.89. The highest BCUT2D eigenvalue weighted by molar-refractivity contribution is 5.80. The summed E-state index contributed by atoms with van der Waals surface area (Å²) in [6.45, 7) is 9.01.